The Morgan fingerprint density at radius 3 is 2.75 bits per heavy atom. The van der Waals surface area contributed by atoms with Gasteiger partial charge in [-0.3, -0.25) is 0 Å². The molecule has 1 aromatic carbocycles. The lowest BCUT2D eigenvalue weighted by molar-refractivity contribution is -0.712. The minimum atomic E-state index is -4.89. The van der Waals surface area contributed by atoms with E-state index in [1.165, 1.54) is 0 Å². The van der Waals surface area contributed by atoms with Gasteiger partial charge < -0.3 is 24.6 Å². The summed E-state index contributed by atoms with van der Waals surface area (Å²) in [6, 6.07) is 2.15. The smallest absolute Gasteiger partial charge is 0.430 e. The molecule has 0 aliphatic carbocycles. The molecular weight excluding hydrogens is 439 g/mol. The summed E-state index contributed by atoms with van der Waals surface area (Å²) >= 11 is 0. The number of alkyl halides is 3. The first-order valence-corrected chi connectivity index (χ1v) is 9.52. The molecule has 32 heavy (non-hydrogen) atoms. The van der Waals surface area contributed by atoms with Crippen LogP contribution in [0.4, 0.5) is 13.2 Å². The molecule has 3 rings (SSSR count). The number of benzene rings is 1. The van der Waals surface area contributed by atoms with Crippen LogP contribution in [-0.2, 0) is 19.2 Å². The Kier molecular flexibility index (Phi) is 6.46. The number of carboxylic acids is 1. The number of carbonyl (C=O) groups excluding carboxylic acids is 1. The molecule has 0 amide bonds. The van der Waals surface area contributed by atoms with E-state index in [1.807, 2.05) is 0 Å². The van der Waals surface area contributed by atoms with Crippen molar-refractivity contribution in [3.05, 3.63) is 39.6 Å². The Hall–Kier alpha value is -3.51. The standard InChI is InChI=1S/C19H20F3N3O7/c1-10-6-11(2)15-12(7-10)8-13(16(32-15)19(20,21)22)18(28)30-9-31-23-25(29)24-5-3-4-14(24)17(26)27/h6-8,14,16H,3-5,9H2,1-2H3,(H,26,27)/b25-23-/t14-,16-/m0/s1. The maximum absolute atomic E-state index is 13.5. The predicted octanol–water partition coefficient (Wildman–Crippen LogP) is 2.87. The van der Waals surface area contributed by atoms with Gasteiger partial charge in [-0.1, -0.05) is 11.6 Å². The number of carboxylic acid groups (broad SMARTS) is 1. The normalized spacial score (nSPS) is 20.8. The fourth-order valence-electron chi connectivity index (χ4n) is 3.58. The third kappa shape index (κ3) is 4.86. The highest BCUT2D eigenvalue weighted by Crippen LogP contribution is 2.39. The zero-order valence-corrected chi connectivity index (χ0v) is 17.1. The van der Waals surface area contributed by atoms with Gasteiger partial charge in [0.05, 0.1) is 17.1 Å². The van der Waals surface area contributed by atoms with Crippen molar-refractivity contribution in [3.63, 3.8) is 0 Å². The van der Waals surface area contributed by atoms with Gasteiger partial charge in [0.15, 0.2) is 6.04 Å². The van der Waals surface area contributed by atoms with Gasteiger partial charge in [-0.2, -0.15) is 13.2 Å². The molecule has 2 atom stereocenters. The summed E-state index contributed by atoms with van der Waals surface area (Å²) in [6.07, 6.45) is -5.70. The number of hydrazine groups is 1. The molecular formula is C19H20F3N3O7. The minimum Gasteiger partial charge on any atom is -0.569 e. The number of hydrogen-bond donors (Lipinski definition) is 1. The molecule has 2 aliphatic rings. The Labute approximate surface area is 180 Å². The topological polar surface area (TPSA) is 124 Å². The Morgan fingerprint density at radius 1 is 1.38 bits per heavy atom. The molecule has 1 aromatic rings. The van der Waals surface area contributed by atoms with E-state index in [-0.39, 0.29) is 23.7 Å². The van der Waals surface area contributed by atoms with Gasteiger partial charge in [-0.25, -0.2) is 9.59 Å². The second-order valence-electron chi connectivity index (χ2n) is 7.31. The molecule has 1 saturated heterocycles. The fraction of sp³-hybridized carbons (Fsp3) is 0.474. The van der Waals surface area contributed by atoms with E-state index in [9.17, 15) is 28.0 Å². The zero-order chi connectivity index (χ0) is 23.6. The third-order valence-corrected chi connectivity index (χ3v) is 4.91. The number of esters is 1. The maximum Gasteiger partial charge on any atom is 0.430 e. The highest BCUT2D eigenvalue weighted by Gasteiger charge is 2.49. The monoisotopic (exact) mass is 459 g/mol. The molecule has 174 valence electrons. The molecule has 2 aliphatic heterocycles. The van der Waals surface area contributed by atoms with Crippen molar-refractivity contribution in [1.29, 1.82) is 0 Å². The molecule has 1 N–H and O–H groups in total. The first-order chi connectivity index (χ1) is 15.0. The Bertz CT molecular complexity index is 978. The largest absolute Gasteiger partial charge is 0.569 e. The van der Waals surface area contributed by atoms with Crippen LogP contribution in [-0.4, -0.2) is 58.7 Å². The van der Waals surface area contributed by atoms with Crippen LogP contribution in [0.2, 0.25) is 0 Å². The number of fused-ring (bicyclic) bond motifs is 1. The molecule has 0 saturated carbocycles. The average Bonchev–Trinajstić information content (AvgIpc) is 3.19. The van der Waals surface area contributed by atoms with Crippen molar-refractivity contribution in [2.75, 3.05) is 13.3 Å². The first-order valence-electron chi connectivity index (χ1n) is 9.52. The minimum absolute atomic E-state index is 0.0151. The molecule has 2 heterocycles. The van der Waals surface area contributed by atoms with Crippen molar-refractivity contribution in [2.24, 2.45) is 5.28 Å². The SMILES string of the molecule is Cc1cc(C)c2c(c1)C=C(C(=O)OCO/N=[N+](\[O-])N1CCC[C@H]1C(=O)O)[C@@H](C(F)(F)F)O2. The molecule has 1 fully saturated rings. The summed E-state index contributed by atoms with van der Waals surface area (Å²) in [5, 5.41) is 24.9. The third-order valence-electron chi connectivity index (χ3n) is 4.91. The average molecular weight is 459 g/mol. The second kappa shape index (κ2) is 8.93. The van der Waals surface area contributed by atoms with Crippen LogP contribution >= 0.6 is 0 Å². The van der Waals surface area contributed by atoms with Gasteiger partial charge in [0.1, 0.15) is 5.75 Å². The number of carbonyl (C=O) groups is 2. The maximum atomic E-state index is 13.5. The van der Waals surface area contributed by atoms with E-state index in [2.05, 4.69) is 14.9 Å². The summed E-state index contributed by atoms with van der Waals surface area (Å²) in [5.41, 5.74) is 0.749. The molecule has 13 heteroatoms. The lowest BCUT2D eigenvalue weighted by Gasteiger charge is -2.29. The van der Waals surface area contributed by atoms with Crippen molar-refractivity contribution in [1.82, 2.24) is 5.01 Å². The van der Waals surface area contributed by atoms with E-state index < -0.39 is 42.6 Å². The number of aliphatic carboxylic acids is 1. The number of ether oxygens (including phenoxy) is 2. The second-order valence-corrected chi connectivity index (χ2v) is 7.31. The lowest BCUT2D eigenvalue weighted by atomic mass is 9.97. The summed E-state index contributed by atoms with van der Waals surface area (Å²) in [5.74, 6) is -2.56. The molecule has 0 unspecified atom stereocenters. The van der Waals surface area contributed by atoms with Crippen LogP contribution in [0.25, 0.3) is 6.08 Å². The van der Waals surface area contributed by atoms with Crippen LogP contribution in [0.5, 0.6) is 5.75 Å². The van der Waals surface area contributed by atoms with Crippen LogP contribution in [0.3, 0.4) is 0 Å². The molecule has 0 aromatic heterocycles. The van der Waals surface area contributed by atoms with Crippen LogP contribution < -0.4 is 4.74 Å². The van der Waals surface area contributed by atoms with Crippen molar-refractivity contribution >= 4 is 18.0 Å². The van der Waals surface area contributed by atoms with Crippen LogP contribution in [0.15, 0.2) is 23.0 Å². The zero-order valence-electron chi connectivity index (χ0n) is 17.1. The van der Waals surface area contributed by atoms with E-state index in [0.717, 1.165) is 16.6 Å². The van der Waals surface area contributed by atoms with Crippen molar-refractivity contribution < 1.29 is 47.1 Å². The quantitative estimate of drug-likeness (QED) is 0.172. The molecule has 10 nitrogen and oxygen atoms in total. The number of rotatable bonds is 6. The van der Waals surface area contributed by atoms with Gasteiger partial charge in [0, 0.05) is 5.56 Å². The number of hydrogen-bond acceptors (Lipinski definition) is 7. The highest BCUT2D eigenvalue weighted by molar-refractivity contribution is 5.96. The summed E-state index contributed by atoms with van der Waals surface area (Å²) < 4.78 is 50.3. The van der Waals surface area contributed by atoms with E-state index >= 15 is 0 Å². The summed E-state index contributed by atoms with van der Waals surface area (Å²) in [7, 11) is 0. The summed E-state index contributed by atoms with van der Waals surface area (Å²) in [6.45, 7) is 2.50. The highest BCUT2D eigenvalue weighted by atomic mass is 19.4. The summed E-state index contributed by atoms with van der Waals surface area (Å²) in [4.78, 5) is 27.8. The van der Waals surface area contributed by atoms with E-state index in [1.54, 1.807) is 26.0 Å². The molecule has 0 spiro atoms. The van der Waals surface area contributed by atoms with Crippen LogP contribution in [0, 0.1) is 19.1 Å². The van der Waals surface area contributed by atoms with Crippen LogP contribution in [0.1, 0.15) is 29.5 Å². The Morgan fingerprint density at radius 2 is 2.09 bits per heavy atom. The van der Waals surface area contributed by atoms with Gasteiger partial charge >= 0.3 is 18.1 Å². The molecule has 0 radical (unpaired) electrons. The van der Waals surface area contributed by atoms with Gasteiger partial charge in [0.2, 0.25) is 11.4 Å². The van der Waals surface area contributed by atoms with E-state index in [0.29, 0.717) is 17.5 Å². The van der Waals surface area contributed by atoms with Gasteiger partial charge in [0.25, 0.3) is 6.79 Å². The fourth-order valence-corrected chi connectivity index (χ4v) is 3.58. The predicted molar refractivity (Wildman–Crippen MR) is 99.8 cm³/mol. The van der Waals surface area contributed by atoms with Gasteiger partial charge in [-0.05, 0) is 44.4 Å². The van der Waals surface area contributed by atoms with E-state index in [4.69, 9.17) is 9.84 Å². The van der Waals surface area contributed by atoms with Gasteiger partial charge in [-0.15, -0.1) is 5.01 Å². The molecule has 0 bridgehead atoms. The number of nitrogens with zero attached hydrogens (tertiary/aromatic N) is 3. The number of halogens is 3. The van der Waals surface area contributed by atoms with Crippen molar-refractivity contribution in [3.8, 4) is 5.75 Å². The number of aryl methyl sites for hydroxylation is 2. The Balaban J connectivity index is 1.70. The lowest BCUT2D eigenvalue weighted by Crippen LogP contribution is -2.41. The first kappa shape index (κ1) is 23.2. The van der Waals surface area contributed by atoms with Crippen molar-refractivity contribution in [2.45, 2.75) is 45.0 Å².